The molecule has 0 saturated carbocycles. The summed E-state index contributed by atoms with van der Waals surface area (Å²) in [6.07, 6.45) is 5.23. The maximum Gasteiger partial charge on any atom is 0.311 e. The van der Waals surface area contributed by atoms with Crippen LogP contribution in [0, 0.1) is 9.49 Å². The lowest BCUT2D eigenvalue weighted by molar-refractivity contribution is -0.155. The van der Waals surface area contributed by atoms with Crippen LogP contribution in [0.1, 0.15) is 43.6 Å². The van der Waals surface area contributed by atoms with E-state index in [1.165, 1.54) is 16.2 Å². The van der Waals surface area contributed by atoms with Crippen molar-refractivity contribution < 1.29 is 22.1 Å². The largest absolute Gasteiger partial charge is 0.469 e. The molecule has 4 atom stereocenters. The molecular weight excluding hydrogens is 493 g/mol. The molecule has 0 spiro atoms. The van der Waals surface area contributed by atoms with Crippen LogP contribution in [0.15, 0.2) is 24.3 Å². The Morgan fingerprint density at radius 2 is 2.00 bits per heavy atom. The molecule has 2 bridgehead atoms. The molecule has 1 aromatic rings. The number of esters is 1. The predicted molar refractivity (Wildman–Crippen MR) is 116 cm³/mol. The highest BCUT2D eigenvalue weighted by molar-refractivity contribution is 14.1. The fourth-order valence-electron chi connectivity index (χ4n) is 5.20. The molecule has 1 aromatic carbocycles. The first kappa shape index (κ1) is 22.0. The van der Waals surface area contributed by atoms with Gasteiger partial charge < -0.3 is 4.74 Å². The fourth-order valence-corrected chi connectivity index (χ4v) is 5.98. The SMILES string of the molecule is COC(=O)C1[C@@H](c2ccc(I)cc2)C[C@@H]2CC[C@@]1(CCCOS(C)(=O)=O)N2C. The molecule has 6 nitrogen and oxygen atoms in total. The third-order valence-corrected chi connectivity index (χ3v) is 7.79. The van der Waals surface area contributed by atoms with Crippen molar-refractivity contribution in [1.29, 1.82) is 0 Å². The molecule has 0 amide bonds. The van der Waals surface area contributed by atoms with E-state index in [2.05, 4.69) is 58.8 Å². The van der Waals surface area contributed by atoms with Gasteiger partial charge in [-0.05, 0) is 79.4 Å². The Kier molecular flexibility index (Phi) is 6.73. The van der Waals surface area contributed by atoms with Gasteiger partial charge >= 0.3 is 5.97 Å². The number of ether oxygens (including phenoxy) is 1. The van der Waals surface area contributed by atoms with Crippen LogP contribution in [0.4, 0.5) is 0 Å². The van der Waals surface area contributed by atoms with Crippen molar-refractivity contribution in [2.75, 3.05) is 27.0 Å². The average Bonchev–Trinajstić information content (AvgIpc) is 2.84. The van der Waals surface area contributed by atoms with Gasteiger partial charge in [-0.25, -0.2) is 0 Å². The first-order chi connectivity index (χ1) is 13.2. The van der Waals surface area contributed by atoms with E-state index in [0.717, 1.165) is 25.5 Å². The van der Waals surface area contributed by atoms with E-state index in [-0.39, 0.29) is 30.0 Å². The summed E-state index contributed by atoms with van der Waals surface area (Å²) in [4.78, 5) is 15.3. The molecule has 0 radical (unpaired) electrons. The summed E-state index contributed by atoms with van der Waals surface area (Å²) < 4.78 is 33.9. The number of fused-ring (bicyclic) bond motifs is 2. The summed E-state index contributed by atoms with van der Waals surface area (Å²) in [5.74, 6) is -0.358. The number of hydrogen-bond acceptors (Lipinski definition) is 6. The van der Waals surface area contributed by atoms with Gasteiger partial charge in [0.15, 0.2) is 0 Å². The van der Waals surface area contributed by atoms with Crippen molar-refractivity contribution in [1.82, 2.24) is 4.90 Å². The Bertz CT molecular complexity index is 812. The molecule has 2 aliphatic rings. The number of halogens is 1. The van der Waals surface area contributed by atoms with Gasteiger partial charge in [-0.1, -0.05) is 12.1 Å². The van der Waals surface area contributed by atoms with E-state index >= 15 is 0 Å². The summed E-state index contributed by atoms with van der Waals surface area (Å²) in [6, 6.07) is 8.82. The zero-order chi connectivity index (χ0) is 20.5. The number of benzene rings is 1. The van der Waals surface area contributed by atoms with E-state index in [4.69, 9.17) is 8.92 Å². The molecule has 0 aromatic heterocycles. The van der Waals surface area contributed by atoms with Gasteiger partial charge in [0, 0.05) is 21.1 Å². The number of piperidine rings is 1. The molecule has 0 aliphatic carbocycles. The molecule has 156 valence electrons. The quantitative estimate of drug-likeness (QED) is 0.238. The second-order valence-electron chi connectivity index (χ2n) is 7.93. The smallest absolute Gasteiger partial charge is 0.311 e. The van der Waals surface area contributed by atoms with Crippen LogP contribution < -0.4 is 0 Å². The molecule has 2 fully saturated rings. The van der Waals surface area contributed by atoms with E-state index in [9.17, 15) is 13.2 Å². The highest BCUT2D eigenvalue weighted by Gasteiger charge is 2.59. The van der Waals surface area contributed by atoms with Crippen LogP contribution >= 0.6 is 22.6 Å². The summed E-state index contributed by atoms with van der Waals surface area (Å²) in [6.45, 7) is 0.140. The molecule has 28 heavy (non-hydrogen) atoms. The third kappa shape index (κ3) is 4.39. The number of methoxy groups -OCH3 is 1. The van der Waals surface area contributed by atoms with Crippen LogP contribution in [0.5, 0.6) is 0 Å². The molecule has 3 rings (SSSR count). The van der Waals surface area contributed by atoms with Gasteiger partial charge in [-0.2, -0.15) is 8.42 Å². The molecule has 2 heterocycles. The summed E-state index contributed by atoms with van der Waals surface area (Å²) in [7, 11) is 0.0906. The molecule has 8 heteroatoms. The topological polar surface area (TPSA) is 72.9 Å². The van der Waals surface area contributed by atoms with E-state index < -0.39 is 10.1 Å². The van der Waals surface area contributed by atoms with Crippen molar-refractivity contribution >= 4 is 38.7 Å². The zero-order valence-corrected chi connectivity index (χ0v) is 19.5. The predicted octanol–water partition coefficient (Wildman–Crippen LogP) is 3.16. The summed E-state index contributed by atoms with van der Waals surface area (Å²) in [5.41, 5.74) is 0.845. The first-order valence-electron chi connectivity index (χ1n) is 9.58. The van der Waals surface area contributed by atoms with Gasteiger partial charge in [-0.15, -0.1) is 0 Å². The van der Waals surface area contributed by atoms with Crippen LogP contribution in [-0.2, 0) is 23.8 Å². The van der Waals surface area contributed by atoms with Crippen molar-refractivity contribution in [2.24, 2.45) is 5.92 Å². The Morgan fingerprint density at radius 3 is 2.61 bits per heavy atom. The molecule has 1 unspecified atom stereocenters. The first-order valence-corrected chi connectivity index (χ1v) is 12.5. The minimum atomic E-state index is -3.46. The van der Waals surface area contributed by atoms with Crippen molar-refractivity contribution in [3.8, 4) is 0 Å². The lowest BCUT2D eigenvalue weighted by Gasteiger charge is -2.51. The van der Waals surface area contributed by atoms with Crippen molar-refractivity contribution in [3.63, 3.8) is 0 Å². The fraction of sp³-hybridized carbons (Fsp3) is 0.650. The minimum absolute atomic E-state index is 0.101. The van der Waals surface area contributed by atoms with Crippen molar-refractivity contribution in [3.05, 3.63) is 33.4 Å². The standard InChI is InChI=1S/C20H28INO5S/c1-22-16-9-11-20(22,10-4-12-27-28(3,24)25)18(19(23)26-2)17(13-16)14-5-7-15(21)8-6-14/h5-8,16-18H,4,9-13H2,1-3H3/t16-,17+,18?,20+/m0/s1. The molecular formula is C20H28INO5S. The van der Waals surface area contributed by atoms with E-state index in [0.29, 0.717) is 18.9 Å². The molecule has 2 aliphatic heterocycles. The van der Waals surface area contributed by atoms with Crippen LogP contribution in [0.2, 0.25) is 0 Å². The average molecular weight is 521 g/mol. The van der Waals surface area contributed by atoms with Gasteiger partial charge in [-0.3, -0.25) is 13.9 Å². The molecule has 2 saturated heterocycles. The molecule has 0 N–H and O–H groups in total. The Morgan fingerprint density at radius 1 is 1.32 bits per heavy atom. The van der Waals surface area contributed by atoms with Crippen molar-refractivity contribution in [2.45, 2.75) is 49.6 Å². The normalized spacial score (nSPS) is 30.4. The number of carbonyl (C=O) groups is 1. The van der Waals surface area contributed by atoms with Crippen LogP contribution in [0.3, 0.4) is 0 Å². The number of carbonyl (C=O) groups excluding carboxylic acids is 1. The Hall–Kier alpha value is -0.710. The van der Waals surface area contributed by atoms with E-state index in [1.54, 1.807) is 0 Å². The maximum atomic E-state index is 13.0. The van der Waals surface area contributed by atoms with E-state index in [1.807, 2.05) is 0 Å². The highest BCUT2D eigenvalue weighted by Crippen LogP contribution is 2.55. The number of nitrogens with zero attached hydrogens (tertiary/aromatic N) is 1. The zero-order valence-electron chi connectivity index (χ0n) is 16.6. The maximum absolute atomic E-state index is 13.0. The van der Waals surface area contributed by atoms with Gasteiger partial charge in [0.2, 0.25) is 0 Å². The highest BCUT2D eigenvalue weighted by atomic mass is 127. The lowest BCUT2D eigenvalue weighted by atomic mass is 9.67. The summed E-state index contributed by atoms with van der Waals surface area (Å²) >= 11 is 2.29. The second kappa shape index (κ2) is 8.57. The van der Waals surface area contributed by atoms with Gasteiger partial charge in [0.25, 0.3) is 10.1 Å². The number of rotatable bonds is 7. The van der Waals surface area contributed by atoms with Crippen LogP contribution in [-0.4, -0.2) is 57.9 Å². The Balaban J connectivity index is 1.90. The monoisotopic (exact) mass is 521 g/mol. The lowest BCUT2D eigenvalue weighted by Crippen LogP contribution is -2.59. The number of hydrogen-bond donors (Lipinski definition) is 0. The van der Waals surface area contributed by atoms with Gasteiger partial charge in [0.05, 0.1) is 25.9 Å². The Labute approximate surface area is 181 Å². The van der Waals surface area contributed by atoms with Crippen LogP contribution in [0.25, 0.3) is 0 Å². The van der Waals surface area contributed by atoms with Gasteiger partial charge in [0.1, 0.15) is 0 Å². The summed E-state index contributed by atoms with van der Waals surface area (Å²) in [5, 5.41) is 0. The third-order valence-electron chi connectivity index (χ3n) is 6.47. The minimum Gasteiger partial charge on any atom is -0.469 e. The second-order valence-corrected chi connectivity index (χ2v) is 10.8.